The molecule has 0 saturated carbocycles. The fraction of sp³-hybridized carbons (Fsp3) is 0.214. The molecule has 0 spiro atoms. The van der Waals surface area contributed by atoms with Crippen molar-refractivity contribution < 1.29 is 18.7 Å². The minimum absolute atomic E-state index is 0.146. The predicted molar refractivity (Wildman–Crippen MR) is 80.1 cm³/mol. The quantitative estimate of drug-likeness (QED) is 0.489. The number of furan rings is 1. The summed E-state index contributed by atoms with van der Waals surface area (Å²) >= 11 is 3.41. The minimum atomic E-state index is -0.483. The molecule has 0 aliphatic heterocycles. The number of hydrogen-bond donors (Lipinski definition) is 2. The zero-order chi connectivity index (χ0) is 15.4. The van der Waals surface area contributed by atoms with E-state index in [0.717, 1.165) is 10.0 Å². The number of para-hydroxylation sites is 1. The molecule has 1 aromatic carbocycles. The number of hydrogen-bond acceptors (Lipinski definition) is 5. The average Bonchev–Trinajstić information content (AvgIpc) is 2.86. The Morgan fingerprint density at radius 3 is 2.90 bits per heavy atom. The lowest BCUT2D eigenvalue weighted by atomic mass is 10.2. The van der Waals surface area contributed by atoms with Gasteiger partial charge in [-0.3, -0.25) is 10.2 Å². The van der Waals surface area contributed by atoms with Crippen LogP contribution in [0.3, 0.4) is 0 Å². The second-order valence-electron chi connectivity index (χ2n) is 4.23. The SMILES string of the molecule is COc1cccc(Br)c1OCc1cc(C(=O)NN)oc1C. The molecule has 1 aromatic heterocycles. The Balaban J connectivity index is 2.17. The fourth-order valence-corrected chi connectivity index (χ4v) is 2.25. The number of rotatable bonds is 5. The van der Waals surface area contributed by atoms with Gasteiger partial charge in [0.1, 0.15) is 12.4 Å². The van der Waals surface area contributed by atoms with Gasteiger partial charge in [0, 0.05) is 5.56 Å². The number of ether oxygens (including phenoxy) is 2. The Morgan fingerprint density at radius 2 is 2.24 bits per heavy atom. The number of halogens is 1. The zero-order valence-electron chi connectivity index (χ0n) is 11.6. The fourth-order valence-electron chi connectivity index (χ4n) is 1.79. The van der Waals surface area contributed by atoms with E-state index in [1.807, 2.05) is 17.6 Å². The molecule has 0 saturated heterocycles. The summed E-state index contributed by atoms with van der Waals surface area (Å²) in [5.74, 6) is 6.54. The molecule has 3 N–H and O–H groups in total. The van der Waals surface area contributed by atoms with Crippen LogP contribution >= 0.6 is 15.9 Å². The summed E-state index contributed by atoms with van der Waals surface area (Å²) in [6.45, 7) is 2.00. The smallest absolute Gasteiger partial charge is 0.300 e. The maximum absolute atomic E-state index is 11.4. The van der Waals surface area contributed by atoms with Gasteiger partial charge in [0.2, 0.25) is 0 Å². The van der Waals surface area contributed by atoms with Crippen molar-refractivity contribution in [1.29, 1.82) is 0 Å². The third-order valence-electron chi connectivity index (χ3n) is 2.90. The number of amides is 1. The molecule has 0 aliphatic carbocycles. The maximum Gasteiger partial charge on any atom is 0.300 e. The van der Waals surface area contributed by atoms with Crippen LogP contribution in [-0.2, 0) is 6.61 Å². The van der Waals surface area contributed by atoms with Crippen LogP contribution in [0.4, 0.5) is 0 Å². The van der Waals surface area contributed by atoms with Crippen LogP contribution in [0.5, 0.6) is 11.5 Å². The van der Waals surface area contributed by atoms with Gasteiger partial charge in [-0.15, -0.1) is 0 Å². The van der Waals surface area contributed by atoms with Gasteiger partial charge in [-0.2, -0.15) is 0 Å². The Morgan fingerprint density at radius 1 is 1.48 bits per heavy atom. The first-order chi connectivity index (χ1) is 10.1. The Kier molecular flexibility index (Phi) is 4.87. The summed E-state index contributed by atoms with van der Waals surface area (Å²) in [5, 5.41) is 0. The molecule has 6 nitrogen and oxygen atoms in total. The van der Waals surface area contributed by atoms with Gasteiger partial charge in [-0.05, 0) is 41.1 Å². The molecule has 2 aromatic rings. The molecule has 2 rings (SSSR count). The zero-order valence-corrected chi connectivity index (χ0v) is 13.2. The van der Waals surface area contributed by atoms with E-state index >= 15 is 0 Å². The van der Waals surface area contributed by atoms with E-state index in [9.17, 15) is 4.79 Å². The summed E-state index contributed by atoms with van der Waals surface area (Å²) in [6, 6.07) is 7.10. The molecule has 0 unspecified atom stereocenters. The highest BCUT2D eigenvalue weighted by Gasteiger charge is 2.15. The van der Waals surface area contributed by atoms with Crippen molar-refractivity contribution in [2.75, 3.05) is 7.11 Å². The summed E-state index contributed by atoms with van der Waals surface area (Å²) in [7, 11) is 1.57. The van der Waals surface area contributed by atoms with Gasteiger partial charge in [0.15, 0.2) is 17.3 Å². The highest BCUT2D eigenvalue weighted by atomic mass is 79.9. The highest BCUT2D eigenvalue weighted by Crippen LogP contribution is 2.35. The number of nitrogen functional groups attached to an aromatic ring is 1. The molecule has 21 heavy (non-hydrogen) atoms. The van der Waals surface area contributed by atoms with Crippen LogP contribution < -0.4 is 20.7 Å². The minimum Gasteiger partial charge on any atom is -0.493 e. The lowest BCUT2D eigenvalue weighted by Crippen LogP contribution is -2.29. The second kappa shape index (κ2) is 6.64. The van der Waals surface area contributed by atoms with Crippen molar-refractivity contribution in [2.24, 2.45) is 5.84 Å². The number of hydrazine groups is 1. The highest BCUT2D eigenvalue weighted by molar-refractivity contribution is 9.10. The Bertz CT molecular complexity index is 654. The third-order valence-corrected chi connectivity index (χ3v) is 3.52. The number of nitrogens with two attached hydrogens (primary N) is 1. The number of aryl methyl sites for hydroxylation is 1. The van der Waals surface area contributed by atoms with Crippen molar-refractivity contribution in [3.8, 4) is 11.5 Å². The van der Waals surface area contributed by atoms with Crippen molar-refractivity contribution in [3.63, 3.8) is 0 Å². The van der Waals surface area contributed by atoms with Gasteiger partial charge in [-0.25, -0.2) is 5.84 Å². The normalized spacial score (nSPS) is 10.3. The van der Waals surface area contributed by atoms with Crippen LogP contribution in [-0.4, -0.2) is 13.0 Å². The van der Waals surface area contributed by atoms with Crippen LogP contribution in [0.25, 0.3) is 0 Å². The maximum atomic E-state index is 11.4. The van der Waals surface area contributed by atoms with Crippen molar-refractivity contribution in [3.05, 3.63) is 45.8 Å². The number of nitrogens with one attached hydrogen (secondary N) is 1. The van der Waals surface area contributed by atoms with Crippen molar-refractivity contribution in [2.45, 2.75) is 13.5 Å². The van der Waals surface area contributed by atoms with Gasteiger partial charge in [0.05, 0.1) is 11.6 Å². The molecule has 0 radical (unpaired) electrons. The summed E-state index contributed by atoms with van der Waals surface area (Å²) in [4.78, 5) is 11.4. The van der Waals surface area contributed by atoms with Gasteiger partial charge in [-0.1, -0.05) is 6.07 Å². The number of carbonyl (C=O) groups is 1. The van der Waals surface area contributed by atoms with Crippen LogP contribution in [0.2, 0.25) is 0 Å². The average molecular weight is 355 g/mol. The van der Waals surface area contributed by atoms with Gasteiger partial charge in [0.25, 0.3) is 0 Å². The molecule has 112 valence electrons. The van der Waals surface area contributed by atoms with E-state index in [0.29, 0.717) is 17.3 Å². The summed E-state index contributed by atoms with van der Waals surface area (Å²) in [5.41, 5.74) is 2.78. The molecule has 7 heteroatoms. The molecular weight excluding hydrogens is 340 g/mol. The molecule has 0 fully saturated rings. The first-order valence-electron chi connectivity index (χ1n) is 6.12. The molecule has 0 aliphatic rings. The van der Waals surface area contributed by atoms with E-state index in [1.165, 1.54) is 0 Å². The van der Waals surface area contributed by atoms with E-state index in [2.05, 4.69) is 15.9 Å². The largest absolute Gasteiger partial charge is 0.493 e. The molecule has 0 bridgehead atoms. The molecule has 0 atom stereocenters. The van der Waals surface area contributed by atoms with E-state index in [-0.39, 0.29) is 12.4 Å². The molecular formula is C14H15BrN2O4. The molecule has 1 amide bonds. The Labute approximate surface area is 130 Å². The number of carbonyl (C=O) groups excluding carboxylic acids is 1. The first kappa shape index (κ1) is 15.4. The van der Waals surface area contributed by atoms with E-state index in [4.69, 9.17) is 19.7 Å². The van der Waals surface area contributed by atoms with Crippen molar-refractivity contribution in [1.82, 2.24) is 5.43 Å². The van der Waals surface area contributed by atoms with E-state index in [1.54, 1.807) is 26.2 Å². The summed E-state index contributed by atoms with van der Waals surface area (Å²) < 4.78 is 17.1. The standard InChI is InChI=1S/C14H15BrN2O4/c1-8-9(6-12(21-8)14(18)17-16)7-20-13-10(15)4-3-5-11(13)19-2/h3-6H,7,16H2,1-2H3,(H,17,18). The lowest BCUT2D eigenvalue weighted by molar-refractivity contribution is 0.0924. The third kappa shape index (κ3) is 3.37. The van der Waals surface area contributed by atoms with E-state index < -0.39 is 5.91 Å². The van der Waals surface area contributed by atoms with Crippen LogP contribution in [0, 0.1) is 6.92 Å². The first-order valence-corrected chi connectivity index (χ1v) is 6.91. The van der Waals surface area contributed by atoms with Crippen LogP contribution in [0.15, 0.2) is 33.2 Å². The number of benzene rings is 1. The van der Waals surface area contributed by atoms with Crippen LogP contribution in [0.1, 0.15) is 21.9 Å². The monoisotopic (exact) mass is 354 g/mol. The topological polar surface area (TPSA) is 86.7 Å². The van der Waals surface area contributed by atoms with Gasteiger partial charge < -0.3 is 13.9 Å². The lowest BCUT2D eigenvalue weighted by Gasteiger charge is -2.11. The predicted octanol–water partition coefficient (Wildman–Crippen LogP) is 2.54. The van der Waals surface area contributed by atoms with Crippen molar-refractivity contribution >= 4 is 21.8 Å². The number of methoxy groups -OCH3 is 1. The second-order valence-corrected chi connectivity index (χ2v) is 5.08. The Hall–Kier alpha value is -1.99. The molecule has 1 heterocycles. The van der Waals surface area contributed by atoms with Gasteiger partial charge >= 0.3 is 5.91 Å². The summed E-state index contributed by atoms with van der Waals surface area (Å²) in [6.07, 6.45) is 0.